The molecule has 0 aliphatic heterocycles. The molecule has 13 nitrogen and oxygen atoms in total. The average Bonchev–Trinajstić information content (AvgIpc) is 3.96. The highest BCUT2D eigenvalue weighted by molar-refractivity contribution is 9.11. The number of halogens is 2. The molecule has 2 N–H and O–H groups in total. The lowest BCUT2D eigenvalue weighted by Crippen LogP contribution is -2.40. The number of anilines is 2. The van der Waals surface area contributed by atoms with Gasteiger partial charge in [-0.15, -0.1) is 0 Å². The molecule has 0 aliphatic rings. The molecular weight excluding hydrogens is 744 g/mol. The fraction of sp³-hybridized carbons (Fsp3) is 0.0909. The van der Waals surface area contributed by atoms with Crippen LogP contribution in [-0.4, -0.2) is 41.3 Å². The molecule has 0 saturated carbocycles. The van der Waals surface area contributed by atoms with Crippen LogP contribution in [-0.2, 0) is 13.1 Å². The topological polar surface area (TPSA) is 137 Å². The summed E-state index contributed by atoms with van der Waals surface area (Å²) in [6.45, 7) is 1.25. The Bertz CT molecular complexity index is 2270. The predicted molar refractivity (Wildman–Crippen MR) is 185 cm³/mol. The van der Waals surface area contributed by atoms with Crippen molar-refractivity contribution in [2.24, 2.45) is 0 Å². The quantitative estimate of drug-likeness (QED) is 0.157. The highest BCUT2D eigenvalue weighted by atomic mass is 79.9. The number of nitrogens with zero attached hydrogens (tertiary/aromatic N) is 8. The molecule has 0 aliphatic carbocycles. The van der Waals surface area contributed by atoms with Crippen molar-refractivity contribution in [3.05, 3.63) is 130 Å². The van der Waals surface area contributed by atoms with Crippen LogP contribution in [0.25, 0.3) is 34.2 Å². The fourth-order valence-corrected chi connectivity index (χ4v) is 5.53. The smallest absolute Gasteiger partial charge is 0.227 e. The lowest BCUT2D eigenvalue weighted by molar-refractivity contribution is -0.885. The molecule has 8 aromatic rings. The van der Waals surface area contributed by atoms with Gasteiger partial charge in [0.2, 0.25) is 12.4 Å². The molecule has 15 heteroatoms. The molecule has 8 aromatic heterocycles. The number of fused-ring (bicyclic) bond motifs is 2. The van der Waals surface area contributed by atoms with E-state index >= 15 is 0 Å². The van der Waals surface area contributed by atoms with E-state index in [0.29, 0.717) is 24.6 Å². The van der Waals surface area contributed by atoms with Crippen molar-refractivity contribution < 1.29 is 18.4 Å². The molecule has 8 heterocycles. The van der Waals surface area contributed by atoms with E-state index in [1.807, 2.05) is 79.3 Å². The van der Waals surface area contributed by atoms with Crippen LogP contribution in [0.4, 0.5) is 11.6 Å². The van der Waals surface area contributed by atoms with Crippen molar-refractivity contribution in [1.29, 1.82) is 0 Å². The molecule has 0 bridgehead atoms. The Hall–Kier alpha value is -5.54. The van der Waals surface area contributed by atoms with Crippen molar-refractivity contribution >= 4 is 54.8 Å². The Balaban J connectivity index is 0.000000152. The summed E-state index contributed by atoms with van der Waals surface area (Å²) in [4.78, 5) is 18.5. The number of nitrogens with one attached hydrogen (secondary N) is 2. The van der Waals surface area contributed by atoms with Gasteiger partial charge in [0, 0.05) is 54.0 Å². The van der Waals surface area contributed by atoms with Crippen LogP contribution in [0.15, 0.2) is 128 Å². The first kappa shape index (κ1) is 31.1. The minimum Gasteiger partial charge on any atom is -0.463 e. The van der Waals surface area contributed by atoms with Crippen molar-refractivity contribution in [3.8, 4) is 22.9 Å². The van der Waals surface area contributed by atoms with Crippen LogP contribution < -0.4 is 20.2 Å². The van der Waals surface area contributed by atoms with E-state index in [4.69, 9.17) is 13.7 Å². The maximum absolute atomic E-state index is 5.48. The number of aromatic nitrogens is 8. The molecule has 0 aromatic carbocycles. The molecule has 0 atom stereocenters. The van der Waals surface area contributed by atoms with Crippen LogP contribution in [0.2, 0.25) is 0 Å². The lowest BCUT2D eigenvalue weighted by Gasteiger charge is -2.10. The van der Waals surface area contributed by atoms with Crippen LogP contribution in [0, 0.1) is 0 Å². The van der Waals surface area contributed by atoms with Gasteiger partial charge in [0.15, 0.2) is 22.8 Å². The maximum atomic E-state index is 5.48. The standard InChI is InChI=1S/C17H15BrN5O2.C16H12BrN5O/c1-24-22-6-2-4-12(11-22)9-19-16-8-14(15-5-3-7-25-15)21-17-13(18)10-20-23(16)17;17-12-10-20-22-15(19-9-11-3-1-5-18-8-11)7-13(21-16(12)22)14-4-2-6-23-14/h2-8,10-11,19H,9H2,1H3;1-8,10,19H,9H2/q+1;. The fourth-order valence-electron chi connectivity index (χ4n) is 4.83. The Kier molecular flexibility index (Phi) is 9.11. The Morgan fingerprint density at radius 3 is 1.85 bits per heavy atom. The largest absolute Gasteiger partial charge is 0.463 e. The van der Waals surface area contributed by atoms with E-state index in [0.717, 1.165) is 54.4 Å². The SMILES string of the molecule is Brc1cnn2c(NCc3cccnc3)cc(-c3ccco3)nc12.CO[n+]1cccc(CNc2cc(-c3ccco3)nc3c(Br)cnn23)c1. The van der Waals surface area contributed by atoms with Gasteiger partial charge < -0.3 is 19.5 Å². The van der Waals surface area contributed by atoms with Crippen molar-refractivity contribution in [2.75, 3.05) is 17.7 Å². The molecule has 0 spiro atoms. The second-order valence-electron chi connectivity index (χ2n) is 10.3. The van der Waals surface area contributed by atoms with Gasteiger partial charge in [0.25, 0.3) is 0 Å². The zero-order valence-electron chi connectivity index (χ0n) is 25.4. The molecule has 8 rings (SSSR count). The predicted octanol–water partition coefficient (Wildman–Crippen LogP) is 6.47. The summed E-state index contributed by atoms with van der Waals surface area (Å²) < 4.78 is 17.7. The molecule has 240 valence electrons. The van der Waals surface area contributed by atoms with E-state index < -0.39 is 0 Å². The van der Waals surface area contributed by atoms with E-state index in [9.17, 15) is 0 Å². The third kappa shape index (κ3) is 6.77. The van der Waals surface area contributed by atoms with Gasteiger partial charge in [0.1, 0.15) is 30.1 Å². The van der Waals surface area contributed by atoms with Gasteiger partial charge >= 0.3 is 0 Å². The van der Waals surface area contributed by atoms with Crippen LogP contribution in [0.5, 0.6) is 0 Å². The van der Waals surface area contributed by atoms with Gasteiger partial charge in [-0.1, -0.05) is 6.07 Å². The van der Waals surface area contributed by atoms with Crippen LogP contribution in [0.3, 0.4) is 0 Å². The van der Waals surface area contributed by atoms with Gasteiger partial charge in [-0.2, -0.15) is 19.2 Å². The number of rotatable bonds is 9. The van der Waals surface area contributed by atoms with Crippen molar-refractivity contribution in [1.82, 2.24) is 34.2 Å². The summed E-state index contributed by atoms with van der Waals surface area (Å²) in [7, 11) is 1.63. The summed E-state index contributed by atoms with van der Waals surface area (Å²) in [6.07, 6.45) is 14.1. The second-order valence-corrected chi connectivity index (χ2v) is 12.0. The van der Waals surface area contributed by atoms with Crippen molar-refractivity contribution in [2.45, 2.75) is 13.1 Å². The minimum atomic E-state index is 0.610. The van der Waals surface area contributed by atoms with E-state index in [-0.39, 0.29) is 0 Å². The summed E-state index contributed by atoms with van der Waals surface area (Å²) in [6, 6.07) is 19.2. The zero-order valence-corrected chi connectivity index (χ0v) is 28.5. The summed E-state index contributed by atoms with van der Waals surface area (Å²) in [5.74, 6) is 3.06. The molecular formula is C33H27Br2N10O3+. The first-order valence-electron chi connectivity index (χ1n) is 14.6. The average molecular weight is 771 g/mol. The maximum Gasteiger partial charge on any atom is 0.227 e. The van der Waals surface area contributed by atoms with E-state index in [2.05, 4.69) is 67.6 Å². The van der Waals surface area contributed by atoms with Gasteiger partial charge in [-0.05, 0) is 73.8 Å². The molecule has 0 fully saturated rings. The van der Waals surface area contributed by atoms with E-state index in [1.54, 1.807) is 52.0 Å². The van der Waals surface area contributed by atoms with Gasteiger partial charge in [0.05, 0.1) is 33.9 Å². The zero-order chi connectivity index (χ0) is 32.9. The Morgan fingerprint density at radius 1 is 0.750 bits per heavy atom. The van der Waals surface area contributed by atoms with Gasteiger partial charge in [-0.3, -0.25) is 9.82 Å². The Labute approximate surface area is 290 Å². The van der Waals surface area contributed by atoms with Gasteiger partial charge in [-0.25, -0.2) is 9.97 Å². The third-order valence-electron chi connectivity index (χ3n) is 7.12. The molecule has 0 unspecified atom stereocenters. The lowest BCUT2D eigenvalue weighted by atomic mass is 10.2. The normalized spacial score (nSPS) is 11.0. The van der Waals surface area contributed by atoms with E-state index in [1.165, 1.54) is 0 Å². The minimum absolute atomic E-state index is 0.610. The number of furan rings is 2. The molecule has 0 amide bonds. The summed E-state index contributed by atoms with van der Waals surface area (Å²) in [5, 5.41) is 15.5. The highest BCUT2D eigenvalue weighted by Crippen LogP contribution is 2.28. The molecule has 0 radical (unpaired) electrons. The number of pyridine rings is 2. The Morgan fingerprint density at radius 2 is 1.33 bits per heavy atom. The molecule has 48 heavy (non-hydrogen) atoms. The number of hydrogen-bond acceptors (Lipinski definition) is 10. The molecule has 0 saturated heterocycles. The third-order valence-corrected chi connectivity index (χ3v) is 8.24. The van der Waals surface area contributed by atoms with Crippen molar-refractivity contribution in [3.63, 3.8) is 0 Å². The number of hydrogen-bond donors (Lipinski definition) is 2. The highest BCUT2D eigenvalue weighted by Gasteiger charge is 2.15. The monoisotopic (exact) mass is 769 g/mol. The summed E-state index contributed by atoms with van der Waals surface area (Å²) >= 11 is 6.97. The van der Waals surface area contributed by atoms with Crippen LogP contribution in [0.1, 0.15) is 11.1 Å². The van der Waals surface area contributed by atoms with Crippen LogP contribution >= 0.6 is 31.9 Å². The first-order chi connectivity index (χ1) is 23.6. The second kappa shape index (κ2) is 14.1. The summed E-state index contributed by atoms with van der Waals surface area (Å²) in [5.41, 5.74) is 5.09. The first-order valence-corrected chi connectivity index (χ1v) is 16.2.